The molecule has 3 fully saturated rings. The van der Waals surface area contributed by atoms with Gasteiger partial charge in [-0.15, -0.1) is 0 Å². The Labute approximate surface area is 143 Å². The Morgan fingerprint density at radius 3 is 2.92 bits per heavy atom. The second-order valence-electron chi connectivity index (χ2n) is 6.67. The third-order valence-corrected chi connectivity index (χ3v) is 5.53. The van der Waals surface area contributed by atoms with E-state index in [-0.39, 0.29) is 36.0 Å². The van der Waals surface area contributed by atoms with E-state index in [2.05, 4.69) is 15.4 Å². The fraction of sp³-hybridized carbons (Fsp3) is 0.412. The van der Waals surface area contributed by atoms with E-state index in [1.165, 1.54) is 6.20 Å². The molecule has 3 aliphatic heterocycles. The molecule has 3 aliphatic rings. The van der Waals surface area contributed by atoms with E-state index in [0.29, 0.717) is 19.6 Å². The second-order valence-corrected chi connectivity index (χ2v) is 6.67. The van der Waals surface area contributed by atoms with Crippen molar-refractivity contribution in [2.45, 2.75) is 30.7 Å². The van der Waals surface area contributed by atoms with E-state index in [0.717, 1.165) is 5.56 Å². The molecule has 5 rings (SSSR count). The fourth-order valence-corrected chi connectivity index (χ4v) is 4.46. The number of nitrogens with one attached hydrogen (secondary N) is 1. The summed E-state index contributed by atoms with van der Waals surface area (Å²) in [4.78, 5) is 29.1. The molecule has 0 unspecified atom stereocenters. The van der Waals surface area contributed by atoms with Crippen molar-refractivity contribution in [1.29, 1.82) is 0 Å². The van der Waals surface area contributed by atoms with Gasteiger partial charge in [0.1, 0.15) is 0 Å². The second kappa shape index (κ2) is 5.13. The van der Waals surface area contributed by atoms with Crippen LogP contribution in [0, 0.1) is 0 Å². The highest BCUT2D eigenvalue weighted by Gasteiger charge is 2.65. The van der Waals surface area contributed by atoms with Crippen LogP contribution in [0.25, 0.3) is 0 Å². The van der Waals surface area contributed by atoms with E-state index in [9.17, 15) is 9.59 Å². The number of hydrogen-bond donors (Lipinski definition) is 1. The van der Waals surface area contributed by atoms with Gasteiger partial charge < -0.3 is 14.5 Å². The fourth-order valence-electron chi connectivity index (χ4n) is 4.46. The molecular weight excluding hydrogens is 322 g/mol. The SMILES string of the molecule is O=C(c1cn[nH]n1)N1CC[C@@]23OC[C@@H](c4ccccc4)N2C(=O)C[C@@H]13. The topological polar surface area (TPSA) is 91.4 Å². The van der Waals surface area contributed by atoms with Crippen LogP contribution < -0.4 is 0 Å². The number of hydrogen-bond acceptors (Lipinski definition) is 5. The molecule has 0 aliphatic carbocycles. The number of amides is 2. The third-order valence-electron chi connectivity index (χ3n) is 5.53. The van der Waals surface area contributed by atoms with Crippen molar-refractivity contribution in [2.24, 2.45) is 0 Å². The first-order chi connectivity index (χ1) is 12.2. The van der Waals surface area contributed by atoms with Gasteiger partial charge in [0.2, 0.25) is 5.91 Å². The lowest BCUT2D eigenvalue weighted by molar-refractivity contribution is -0.138. The number of H-pyrrole nitrogens is 1. The molecule has 2 amide bonds. The molecule has 1 aromatic heterocycles. The average Bonchev–Trinajstić information content (AvgIpc) is 3.38. The molecule has 4 heterocycles. The van der Waals surface area contributed by atoms with Crippen LogP contribution in [-0.2, 0) is 9.53 Å². The predicted molar refractivity (Wildman–Crippen MR) is 85.2 cm³/mol. The largest absolute Gasteiger partial charge is 0.351 e. The summed E-state index contributed by atoms with van der Waals surface area (Å²) < 4.78 is 6.19. The monoisotopic (exact) mass is 339 g/mol. The number of benzene rings is 1. The van der Waals surface area contributed by atoms with Gasteiger partial charge in [-0.1, -0.05) is 30.3 Å². The van der Waals surface area contributed by atoms with E-state index in [1.807, 2.05) is 35.2 Å². The Kier molecular flexibility index (Phi) is 2.99. The number of carbonyl (C=O) groups is 2. The summed E-state index contributed by atoms with van der Waals surface area (Å²) in [6.45, 7) is 1.000. The molecule has 1 aromatic carbocycles. The lowest BCUT2D eigenvalue weighted by Gasteiger charge is -2.33. The highest BCUT2D eigenvalue weighted by atomic mass is 16.5. The Balaban J connectivity index is 1.48. The van der Waals surface area contributed by atoms with Gasteiger partial charge in [0.15, 0.2) is 11.4 Å². The maximum absolute atomic E-state index is 12.8. The number of ether oxygens (including phenoxy) is 1. The van der Waals surface area contributed by atoms with Crippen LogP contribution in [0.3, 0.4) is 0 Å². The average molecular weight is 339 g/mol. The zero-order chi connectivity index (χ0) is 17.0. The van der Waals surface area contributed by atoms with Crippen molar-refractivity contribution < 1.29 is 14.3 Å². The van der Waals surface area contributed by atoms with Crippen molar-refractivity contribution >= 4 is 11.8 Å². The Bertz CT molecular complexity index is 824. The van der Waals surface area contributed by atoms with E-state index >= 15 is 0 Å². The van der Waals surface area contributed by atoms with Crippen LogP contribution in [0.4, 0.5) is 0 Å². The van der Waals surface area contributed by atoms with Gasteiger partial charge in [0.05, 0.1) is 31.3 Å². The van der Waals surface area contributed by atoms with Crippen molar-refractivity contribution in [3.05, 3.63) is 47.8 Å². The minimum Gasteiger partial charge on any atom is -0.351 e. The quantitative estimate of drug-likeness (QED) is 0.870. The van der Waals surface area contributed by atoms with Gasteiger partial charge in [-0.3, -0.25) is 9.59 Å². The molecule has 8 nitrogen and oxygen atoms in total. The molecule has 128 valence electrons. The van der Waals surface area contributed by atoms with Gasteiger partial charge in [-0.2, -0.15) is 15.4 Å². The first-order valence-corrected chi connectivity index (χ1v) is 8.38. The van der Waals surface area contributed by atoms with Crippen LogP contribution in [0.2, 0.25) is 0 Å². The van der Waals surface area contributed by atoms with Crippen molar-refractivity contribution in [1.82, 2.24) is 25.2 Å². The summed E-state index contributed by atoms with van der Waals surface area (Å²) in [7, 11) is 0. The number of likely N-dealkylation sites (tertiary alicyclic amines) is 1. The van der Waals surface area contributed by atoms with Crippen LogP contribution >= 0.6 is 0 Å². The van der Waals surface area contributed by atoms with Crippen LogP contribution in [0.5, 0.6) is 0 Å². The van der Waals surface area contributed by atoms with Gasteiger partial charge in [-0.25, -0.2) is 0 Å². The van der Waals surface area contributed by atoms with Gasteiger partial charge >= 0.3 is 0 Å². The first kappa shape index (κ1) is 14.6. The molecule has 0 bridgehead atoms. The zero-order valence-electron chi connectivity index (χ0n) is 13.5. The van der Waals surface area contributed by atoms with Gasteiger partial charge in [0.25, 0.3) is 5.91 Å². The van der Waals surface area contributed by atoms with Crippen LogP contribution in [-0.4, -0.2) is 61.9 Å². The summed E-state index contributed by atoms with van der Waals surface area (Å²) in [5.41, 5.74) is 0.618. The summed E-state index contributed by atoms with van der Waals surface area (Å²) in [5.74, 6) is -0.175. The minimum absolute atomic E-state index is 0.0361. The summed E-state index contributed by atoms with van der Waals surface area (Å²) in [6.07, 6.45) is 2.31. The number of aromatic nitrogens is 3. The number of aromatic amines is 1. The Hall–Kier alpha value is -2.74. The van der Waals surface area contributed by atoms with Crippen LogP contribution in [0.15, 0.2) is 36.5 Å². The number of nitrogens with zero attached hydrogens (tertiary/aromatic N) is 4. The van der Waals surface area contributed by atoms with E-state index in [4.69, 9.17) is 4.74 Å². The van der Waals surface area contributed by atoms with Gasteiger partial charge in [-0.05, 0) is 5.56 Å². The minimum atomic E-state index is -0.711. The molecule has 1 N–H and O–H groups in total. The molecule has 0 radical (unpaired) electrons. The normalized spacial score (nSPS) is 30.6. The molecule has 0 saturated carbocycles. The highest BCUT2D eigenvalue weighted by molar-refractivity contribution is 5.94. The summed E-state index contributed by atoms with van der Waals surface area (Å²) in [5, 5.41) is 10.0. The zero-order valence-corrected chi connectivity index (χ0v) is 13.5. The van der Waals surface area contributed by atoms with Crippen molar-refractivity contribution in [3.8, 4) is 0 Å². The maximum atomic E-state index is 12.8. The number of carbonyl (C=O) groups excluding carboxylic acids is 2. The first-order valence-electron chi connectivity index (χ1n) is 8.38. The van der Waals surface area contributed by atoms with Crippen molar-refractivity contribution in [3.63, 3.8) is 0 Å². The smallest absolute Gasteiger partial charge is 0.276 e. The third kappa shape index (κ3) is 1.91. The Morgan fingerprint density at radius 2 is 2.16 bits per heavy atom. The number of rotatable bonds is 2. The molecule has 2 aromatic rings. The van der Waals surface area contributed by atoms with E-state index in [1.54, 1.807) is 4.90 Å². The van der Waals surface area contributed by atoms with Gasteiger partial charge in [0, 0.05) is 13.0 Å². The molecule has 25 heavy (non-hydrogen) atoms. The van der Waals surface area contributed by atoms with Crippen molar-refractivity contribution in [2.75, 3.05) is 13.2 Å². The summed E-state index contributed by atoms with van der Waals surface area (Å²) >= 11 is 0. The Morgan fingerprint density at radius 1 is 1.32 bits per heavy atom. The summed E-state index contributed by atoms with van der Waals surface area (Å²) in [6, 6.07) is 9.54. The lowest BCUT2D eigenvalue weighted by Crippen LogP contribution is -2.49. The van der Waals surface area contributed by atoms with E-state index < -0.39 is 5.72 Å². The highest BCUT2D eigenvalue weighted by Crippen LogP contribution is 2.51. The predicted octanol–water partition coefficient (Wildman–Crippen LogP) is 0.719. The molecule has 1 spiro atoms. The molecular formula is C17H17N5O3. The molecule has 3 saturated heterocycles. The van der Waals surface area contributed by atoms with Crippen LogP contribution in [0.1, 0.15) is 34.9 Å². The molecule has 8 heteroatoms. The molecule has 3 atom stereocenters. The maximum Gasteiger partial charge on any atom is 0.276 e. The standard InChI is InChI=1S/C17H17N5O3/c23-15-8-14-17(6-7-21(14)16(24)12-9-18-20-19-12)22(15)13(10-25-17)11-4-2-1-3-5-11/h1-5,9,13-14H,6-8,10H2,(H,18,19,20)/t13-,14+,17-/m0/s1. The lowest BCUT2D eigenvalue weighted by atomic mass is 10.0.